The summed E-state index contributed by atoms with van der Waals surface area (Å²) < 4.78 is 5.88. The van der Waals surface area contributed by atoms with Crippen LogP contribution in [-0.4, -0.2) is 6.61 Å². The molecule has 0 heterocycles. The first-order chi connectivity index (χ1) is 10.3. The summed E-state index contributed by atoms with van der Waals surface area (Å²) >= 11 is 0. The van der Waals surface area contributed by atoms with Gasteiger partial charge in [-0.15, -0.1) is 0 Å². The van der Waals surface area contributed by atoms with Crippen LogP contribution in [0.3, 0.4) is 0 Å². The molecule has 2 N–H and O–H groups in total. The molecule has 0 saturated heterocycles. The second kappa shape index (κ2) is 6.48. The molecule has 1 aliphatic carbocycles. The van der Waals surface area contributed by atoms with Gasteiger partial charge >= 0.3 is 0 Å². The van der Waals surface area contributed by atoms with E-state index in [0.717, 1.165) is 5.75 Å². The van der Waals surface area contributed by atoms with Crippen LogP contribution >= 0.6 is 0 Å². The average molecular weight is 283 g/mol. The summed E-state index contributed by atoms with van der Waals surface area (Å²) in [6.07, 6.45) is 6.48. The van der Waals surface area contributed by atoms with E-state index < -0.39 is 0 Å². The zero-order valence-corrected chi connectivity index (χ0v) is 12.8. The Morgan fingerprint density at radius 1 is 1.10 bits per heavy atom. The third kappa shape index (κ3) is 2.91. The molecular weight excluding hydrogens is 258 g/mol. The van der Waals surface area contributed by atoms with Gasteiger partial charge in [0.05, 0.1) is 6.61 Å². The van der Waals surface area contributed by atoms with E-state index in [9.17, 15) is 0 Å². The van der Waals surface area contributed by atoms with Crippen LogP contribution < -0.4 is 10.5 Å². The lowest BCUT2D eigenvalue weighted by Crippen LogP contribution is -2.24. The van der Waals surface area contributed by atoms with Crippen LogP contribution in [0.1, 0.15) is 50.6 Å². The molecule has 0 aliphatic heterocycles. The molecule has 0 bridgehead atoms. The molecule has 0 aromatic heterocycles. The molecule has 0 amide bonds. The fraction of sp³-hybridized carbons (Fsp3) is 0.474. The van der Waals surface area contributed by atoms with Gasteiger partial charge in [-0.25, -0.2) is 0 Å². The smallest absolute Gasteiger partial charge is 0.124 e. The van der Waals surface area contributed by atoms with Crippen molar-refractivity contribution in [3.8, 4) is 5.75 Å². The van der Waals surface area contributed by atoms with E-state index in [-0.39, 0.29) is 6.04 Å². The minimum atomic E-state index is 0.0814. The lowest BCUT2D eigenvalue weighted by atomic mass is 9.80. The van der Waals surface area contributed by atoms with E-state index in [4.69, 9.17) is 10.5 Å². The monoisotopic (exact) mass is 283 g/mol. The van der Waals surface area contributed by atoms with Gasteiger partial charge in [0.15, 0.2) is 0 Å². The number of fused-ring (bicyclic) bond motifs is 1. The predicted molar refractivity (Wildman–Crippen MR) is 88.6 cm³/mol. The Labute approximate surface area is 127 Å². The van der Waals surface area contributed by atoms with Crippen molar-refractivity contribution in [1.29, 1.82) is 0 Å². The van der Waals surface area contributed by atoms with Crippen LogP contribution in [0.5, 0.6) is 5.75 Å². The third-order valence-corrected chi connectivity index (χ3v) is 4.72. The molecule has 1 fully saturated rings. The van der Waals surface area contributed by atoms with Gasteiger partial charge in [0.1, 0.15) is 5.75 Å². The summed E-state index contributed by atoms with van der Waals surface area (Å²) in [4.78, 5) is 0. The first kappa shape index (κ1) is 14.4. The minimum absolute atomic E-state index is 0.0814. The maximum Gasteiger partial charge on any atom is 0.124 e. The number of benzene rings is 2. The Morgan fingerprint density at radius 3 is 2.62 bits per heavy atom. The number of hydrogen-bond acceptors (Lipinski definition) is 2. The van der Waals surface area contributed by atoms with Crippen molar-refractivity contribution in [2.75, 3.05) is 6.61 Å². The lowest BCUT2D eigenvalue weighted by molar-refractivity contribution is 0.293. The first-order valence-corrected chi connectivity index (χ1v) is 8.21. The number of ether oxygens (including phenoxy) is 1. The molecule has 0 unspecified atom stereocenters. The number of rotatable bonds is 4. The van der Waals surface area contributed by atoms with Crippen molar-refractivity contribution < 1.29 is 4.74 Å². The fourth-order valence-corrected chi connectivity index (χ4v) is 3.63. The van der Waals surface area contributed by atoms with Gasteiger partial charge in [0.25, 0.3) is 0 Å². The van der Waals surface area contributed by atoms with Crippen molar-refractivity contribution in [2.45, 2.75) is 45.1 Å². The van der Waals surface area contributed by atoms with Gasteiger partial charge < -0.3 is 10.5 Å². The van der Waals surface area contributed by atoms with E-state index in [1.54, 1.807) is 0 Å². The third-order valence-electron chi connectivity index (χ3n) is 4.72. The summed E-state index contributed by atoms with van der Waals surface area (Å²) in [7, 11) is 0. The molecule has 1 atom stereocenters. The van der Waals surface area contributed by atoms with Crippen LogP contribution in [0.2, 0.25) is 0 Å². The molecule has 2 aromatic carbocycles. The van der Waals surface area contributed by atoms with Crippen LogP contribution in [0.25, 0.3) is 10.8 Å². The largest absolute Gasteiger partial charge is 0.494 e. The van der Waals surface area contributed by atoms with E-state index in [1.807, 2.05) is 6.92 Å². The van der Waals surface area contributed by atoms with E-state index in [2.05, 4.69) is 36.4 Å². The Hall–Kier alpha value is -1.54. The van der Waals surface area contributed by atoms with Crippen molar-refractivity contribution in [1.82, 2.24) is 0 Å². The number of hydrogen-bond donors (Lipinski definition) is 1. The summed E-state index contributed by atoms with van der Waals surface area (Å²) in [5.41, 5.74) is 7.90. The molecule has 1 saturated carbocycles. The van der Waals surface area contributed by atoms with Gasteiger partial charge in [-0.2, -0.15) is 0 Å². The van der Waals surface area contributed by atoms with Crippen molar-refractivity contribution in [3.05, 3.63) is 42.0 Å². The summed E-state index contributed by atoms with van der Waals surface area (Å²) in [6, 6.07) is 12.8. The average Bonchev–Trinajstić information content (AvgIpc) is 2.55. The molecule has 1 aliphatic rings. The maximum atomic E-state index is 6.69. The number of nitrogens with two attached hydrogens (primary N) is 1. The molecule has 21 heavy (non-hydrogen) atoms. The zero-order chi connectivity index (χ0) is 14.7. The lowest BCUT2D eigenvalue weighted by Gasteiger charge is -2.29. The van der Waals surface area contributed by atoms with E-state index in [0.29, 0.717) is 12.5 Å². The highest BCUT2D eigenvalue weighted by Gasteiger charge is 2.25. The van der Waals surface area contributed by atoms with Gasteiger partial charge in [-0.3, -0.25) is 0 Å². The van der Waals surface area contributed by atoms with Gasteiger partial charge in [-0.05, 0) is 42.5 Å². The molecule has 0 spiro atoms. The highest BCUT2D eigenvalue weighted by Crippen LogP contribution is 2.40. The molecular formula is C19H25NO. The second-order valence-corrected chi connectivity index (χ2v) is 6.06. The summed E-state index contributed by atoms with van der Waals surface area (Å²) in [6.45, 7) is 2.72. The van der Waals surface area contributed by atoms with Crippen molar-refractivity contribution in [3.63, 3.8) is 0 Å². The van der Waals surface area contributed by atoms with Gasteiger partial charge in [0.2, 0.25) is 0 Å². The standard InChI is InChI=1S/C19H25NO/c1-2-21-17-13-12-14-8-6-7-11-16(14)18(17)19(20)15-9-4-3-5-10-15/h6-8,11-13,15,19H,2-5,9-10,20H2,1H3/t19-/m0/s1. The normalized spacial score (nSPS) is 17.8. The first-order valence-electron chi connectivity index (χ1n) is 8.21. The van der Waals surface area contributed by atoms with Gasteiger partial charge in [-0.1, -0.05) is 49.6 Å². The molecule has 3 rings (SSSR count). The predicted octanol–water partition coefficient (Wildman–Crippen LogP) is 4.82. The summed E-state index contributed by atoms with van der Waals surface area (Å²) in [5, 5.41) is 2.50. The van der Waals surface area contributed by atoms with Crippen LogP contribution in [-0.2, 0) is 0 Å². The Kier molecular flexibility index (Phi) is 4.45. The molecule has 2 nitrogen and oxygen atoms in total. The molecule has 2 heteroatoms. The SMILES string of the molecule is CCOc1ccc2ccccc2c1[C@@H](N)C1CCCCC1. The minimum Gasteiger partial charge on any atom is -0.494 e. The second-order valence-electron chi connectivity index (χ2n) is 6.06. The fourth-order valence-electron chi connectivity index (χ4n) is 3.63. The van der Waals surface area contributed by atoms with Crippen LogP contribution in [0, 0.1) is 5.92 Å². The highest BCUT2D eigenvalue weighted by atomic mass is 16.5. The molecule has 2 aromatic rings. The molecule has 112 valence electrons. The molecule has 0 radical (unpaired) electrons. The van der Waals surface area contributed by atoms with Crippen molar-refractivity contribution in [2.24, 2.45) is 11.7 Å². The van der Waals surface area contributed by atoms with Crippen molar-refractivity contribution >= 4 is 10.8 Å². The van der Waals surface area contributed by atoms with E-state index >= 15 is 0 Å². The maximum absolute atomic E-state index is 6.69. The van der Waals surface area contributed by atoms with Gasteiger partial charge in [0, 0.05) is 11.6 Å². The quantitative estimate of drug-likeness (QED) is 0.873. The van der Waals surface area contributed by atoms with Crippen LogP contribution in [0.15, 0.2) is 36.4 Å². The Bertz CT molecular complexity index is 602. The topological polar surface area (TPSA) is 35.2 Å². The van der Waals surface area contributed by atoms with E-state index in [1.165, 1.54) is 48.4 Å². The zero-order valence-electron chi connectivity index (χ0n) is 12.8. The Balaban J connectivity index is 2.06. The Morgan fingerprint density at radius 2 is 1.86 bits per heavy atom. The summed E-state index contributed by atoms with van der Waals surface area (Å²) in [5.74, 6) is 1.55. The van der Waals surface area contributed by atoms with Crippen LogP contribution in [0.4, 0.5) is 0 Å². The highest BCUT2D eigenvalue weighted by molar-refractivity contribution is 5.88.